The number of piperazine rings is 1. The van der Waals surface area contributed by atoms with Gasteiger partial charge in [0.25, 0.3) is 5.91 Å². The van der Waals surface area contributed by atoms with Crippen LogP contribution in [-0.4, -0.2) is 75.9 Å². The summed E-state index contributed by atoms with van der Waals surface area (Å²) < 4.78 is 5.95. The number of hydrogen-bond donors (Lipinski definition) is 0. The summed E-state index contributed by atoms with van der Waals surface area (Å²) in [4.78, 5) is 28.9. The highest BCUT2D eigenvalue weighted by Gasteiger charge is 2.31. The summed E-state index contributed by atoms with van der Waals surface area (Å²) in [6.45, 7) is 6.38. The molecule has 0 unspecified atom stereocenters. The molecule has 0 spiro atoms. The first-order valence-corrected chi connectivity index (χ1v) is 12.0. The Morgan fingerprint density at radius 1 is 1.03 bits per heavy atom. The van der Waals surface area contributed by atoms with Gasteiger partial charge in [-0.05, 0) is 36.5 Å². The van der Waals surface area contributed by atoms with Crippen molar-refractivity contribution in [1.29, 1.82) is 0 Å². The first-order chi connectivity index (χ1) is 15.3. The van der Waals surface area contributed by atoms with Gasteiger partial charge in [-0.2, -0.15) is 4.37 Å². The van der Waals surface area contributed by atoms with Crippen molar-refractivity contribution in [3.05, 3.63) is 47.5 Å². The van der Waals surface area contributed by atoms with Crippen molar-refractivity contribution >= 4 is 33.3 Å². The number of anilines is 1. The molecule has 3 aromatic rings. The highest BCUT2D eigenvalue weighted by atomic mass is 32.1. The lowest BCUT2D eigenvalue weighted by Crippen LogP contribution is -2.50. The van der Waals surface area contributed by atoms with Gasteiger partial charge in [0.15, 0.2) is 0 Å². The summed E-state index contributed by atoms with van der Waals surface area (Å²) >= 11 is 1.58. The minimum atomic E-state index is 0.0937. The number of carbonyl (C=O) groups is 1. The maximum Gasteiger partial charge on any atom is 0.257 e. The Labute approximate surface area is 185 Å². The van der Waals surface area contributed by atoms with Gasteiger partial charge in [-0.25, -0.2) is 9.97 Å². The van der Waals surface area contributed by atoms with Crippen LogP contribution in [0.2, 0.25) is 0 Å². The zero-order valence-corrected chi connectivity index (χ0v) is 18.4. The van der Waals surface area contributed by atoms with E-state index in [-0.39, 0.29) is 5.91 Å². The molecule has 0 N–H and O–H groups in total. The molecule has 4 heterocycles. The lowest BCUT2D eigenvalue weighted by Gasteiger charge is -2.36. The van der Waals surface area contributed by atoms with Crippen LogP contribution in [0.5, 0.6) is 0 Å². The van der Waals surface area contributed by atoms with Crippen LogP contribution in [-0.2, 0) is 6.42 Å². The Balaban J connectivity index is 1.04. The third-order valence-corrected chi connectivity index (χ3v) is 7.50. The second-order valence-corrected chi connectivity index (χ2v) is 9.54. The van der Waals surface area contributed by atoms with Gasteiger partial charge < -0.3 is 9.80 Å². The van der Waals surface area contributed by atoms with Crippen LogP contribution < -0.4 is 4.90 Å². The quantitative estimate of drug-likeness (QED) is 0.615. The molecule has 31 heavy (non-hydrogen) atoms. The summed E-state index contributed by atoms with van der Waals surface area (Å²) in [5.41, 5.74) is 1.65. The third kappa shape index (κ3) is 3.68. The van der Waals surface area contributed by atoms with Crippen molar-refractivity contribution in [3.63, 3.8) is 0 Å². The summed E-state index contributed by atoms with van der Waals surface area (Å²) in [5.74, 6) is 2.68. The summed E-state index contributed by atoms with van der Waals surface area (Å²) in [5, 5.41) is 1.26. The fraction of sp³-hybridized carbons (Fsp3) is 0.478. The number of amides is 1. The Bertz CT molecular complexity index is 1120. The predicted octanol–water partition coefficient (Wildman–Crippen LogP) is 2.78. The molecule has 0 radical (unpaired) electrons. The maximum atomic E-state index is 12.9. The van der Waals surface area contributed by atoms with Crippen molar-refractivity contribution in [3.8, 4) is 0 Å². The van der Waals surface area contributed by atoms with Gasteiger partial charge in [-0.15, -0.1) is 0 Å². The molecule has 1 amide bonds. The van der Waals surface area contributed by atoms with Gasteiger partial charge in [0.1, 0.15) is 11.6 Å². The first-order valence-electron chi connectivity index (χ1n) is 11.2. The molecule has 2 aliphatic heterocycles. The molecule has 2 fully saturated rings. The van der Waals surface area contributed by atoms with E-state index in [1.807, 2.05) is 4.90 Å². The maximum absolute atomic E-state index is 12.9. The Hall–Kier alpha value is -2.58. The monoisotopic (exact) mass is 434 g/mol. The Morgan fingerprint density at radius 2 is 1.87 bits per heavy atom. The van der Waals surface area contributed by atoms with Crippen LogP contribution in [0.4, 0.5) is 5.82 Å². The zero-order valence-electron chi connectivity index (χ0n) is 17.5. The van der Waals surface area contributed by atoms with E-state index in [2.05, 4.69) is 44.0 Å². The van der Waals surface area contributed by atoms with Gasteiger partial charge in [0.2, 0.25) is 0 Å². The summed E-state index contributed by atoms with van der Waals surface area (Å²) in [6.07, 6.45) is 4.98. The molecule has 7 nitrogen and oxygen atoms in total. The molecule has 0 atom stereocenters. The zero-order chi connectivity index (χ0) is 20.8. The van der Waals surface area contributed by atoms with Crippen LogP contribution in [0.15, 0.2) is 30.5 Å². The van der Waals surface area contributed by atoms with E-state index < -0.39 is 0 Å². The van der Waals surface area contributed by atoms with Gasteiger partial charge in [0.05, 0.1) is 16.0 Å². The average molecular weight is 435 g/mol. The molecular formula is C23H26N6OS. The number of hydrogen-bond acceptors (Lipinski definition) is 7. The van der Waals surface area contributed by atoms with Gasteiger partial charge in [0, 0.05) is 69.7 Å². The van der Waals surface area contributed by atoms with Gasteiger partial charge in [-0.1, -0.05) is 12.1 Å². The fourth-order valence-electron chi connectivity index (χ4n) is 4.61. The second kappa shape index (κ2) is 7.84. The van der Waals surface area contributed by atoms with Gasteiger partial charge in [-0.3, -0.25) is 9.69 Å². The molecule has 2 aromatic heterocycles. The van der Waals surface area contributed by atoms with Crippen LogP contribution in [0.1, 0.15) is 40.6 Å². The molecule has 1 saturated carbocycles. The number of rotatable bonds is 5. The topological polar surface area (TPSA) is 65.5 Å². The third-order valence-electron chi connectivity index (χ3n) is 6.68. The number of aromatic nitrogens is 3. The van der Waals surface area contributed by atoms with E-state index in [0.29, 0.717) is 11.5 Å². The molecule has 6 rings (SSSR count). The largest absolute Gasteiger partial charge is 0.353 e. The Kier molecular flexibility index (Phi) is 4.84. The average Bonchev–Trinajstić information content (AvgIpc) is 3.58. The van der Waals surface area contributed by atoms with E-state index >= 15 is 0 Å². The SMILES string of the molecule is O=C1c2cnc(C3CC3)nc2CCN1CCN1CCN(c2nsc3ccccc23)CC1. The highest BCUT2D eigenvalue weighted by Crippen LogP contribution is 2.38. The molecule has 1 aromatic carbocycles. The van der Waals surface area contributed by atoms with E-state index in [1.54, 1.807) is 17.7 Å². The van der Waals surface area contributed by atoms with Crippen molar-refractivity contribution in [2.75, 3.05) is 50.7 Å². The van der Waals surface area contributed by atoms with Crippen molar-refractivity contribution in [2.24, 2.45) is 0 Å². The molecule has 8 heteroatoms. The van der Waals surface area contributed by atoms with E-state index in [9.17, 15) is 4.79 Å². The fourth-order valence-corrected chi connectivity index (χ4v) is 5.41. The van der Waals surface area contributed by atoms with Crippen molar-refractivity contribution in [1.82, 2.24) is 24.1 Å². The molecule has 1 aliphatic carbocycles. The minimum absolute atomic E-state index is 0.0937. The standard InChI is InChI=1S/C23H26N6OS/c30-23-18-15-24-21(16-5-6-16)25-19(18)7-8-29(23)14-11-27-9-12-28(13-10-27)22-17-3-1-2-4-20(17)31-26-22/h1-4,15-16H,5-14H2. The summed E-state index contributed by atoms with van der Waals surface area (Å²) in [7, 11) is 0. The number of benzene rings is 1. The highest BCUT2D eigenvalue weighted by molar-refractivity contribution is 7.13. The predicted molar refractivity (Wildman–Crippen MR) is 122 cm³/mol. The van der Waals surface area contributed by atoms with Crippen LogP contribution in [0.3, 0.4) is 0 Å². The molecule has 160 valence electrons. The minimum Gasteiger partial charge on any atom is -0.353 e. The number of carbonyl (C=O) groups excluding carboxylic acids is 1. The normalized spacial score (nSPS) is 19.8. The molecule has 3 aliphatic rings. The smallest absolute Gasteiger partial charge is 0.257 e. The second-order valence-electron chi connectivity index (χ2n) is 8.74. The summed E-state index contributed by atoms with van der Waals surface area (Å²) in [6, 6.07) is 8.46. The number of nitrogens with zero attached hydrogens (tertiary/aromatic N) is 6. The van der Waals surface area contributed by atoms with E-state index in [0.717, 1.165) is 69.6 Å². The van der Waals surface area contributed by atoms with E-state index in [4.69, 9.17) is 4.37 Å². The van der Waals surface area contributed by atoms with Crippen LogP contribution in [0, 0.1) is 0 Å². The first kappa shape index (κ1) is 19.1. The van der Waals surface area contributed by atoms with E-state index in [1.165, 1.54) is 22.9 Å². The molecule has 0 bridgehead atoms. The number of fused-ring (bicyclic) bond motifs is 2. The van der Waals surface area contributed by atoms with Crippen LogP contribution >= 0.6 is 11.5 Å². The Morgan fingerprint density at radius 3 is 2.71 bits per heavy atom. The molecule has 1 saturated heterocycles. The lowest BCUT2D eigenvalue weighted by molar-refractivity contribution is 0.0714. The van der Waals surface area contributed by atoms with Crippen LogP contribution in [0.25, 0.3) is 10.1 Å². The van der Waals surface area contributed by atoms with Gasteiger partial charge >= 0.3 is 0 Å². The van der Waals surface area contributed by atoms with Crippen molar-refractivity contribution < 1.29 is 4.79 Å². The van der Waals surface area contributed by atoms with Crippen molar-refractivity contribution in [2.45, 2.75) is 25.2 Å². The molecular weight excluding hydrogens is 408 g/mol. The lowest BCUT2D eigenvalue weighted by atomic mass is 10.1.